The van der Waals surface area contributed by atoms with Gasteiger partial charge in [-0.25, -0.2) is 23.3 Å². The van der Waals surface area contributed by atoms with Gasteiger partial charge in [0.2, 0.25) is 11.6 Å². The number of ether oxygens (including phenoxy) is 2. The monoisotopic (exact) mass is 711 g/mol. The molecule has 14 heteroatoms. The zero-order chi connectivity index (χ0) is 36.4. The number of fused-ring (bicyclic) bond motifs is 1. The van der Waals surface area contributed by atoms with Crippen molar-refractivity contribution in [3.8, 4) is 0 Å². The number of rotatable bonds is 11. The molecule has 262 valence electrons. The topological polar surface area (TPSA) is 115 Å². The molecule has 2 aliphatic rings. The lowest BCUT2D eigenvalue weighted by Gasteiger charge is -2.37. The molecule has 4 rings (SSSR count). The third-order valence-corrected chi connectivity index (χ3v) is 11.3. The van der Waals surface area contributed by atoms with Crippen molar-refractivity contribution in [1.82, 2.24) is 15.2 Å². The zero-order valence-electron chi connectivity index (χ0n) is 29.1. The number of benzene rings is 1. The minimum absolute atomic E-state index is 0.00402. The first-order chi connectivity index (χ1) is 22.8. The zero-order valence-corrected chi connectivity index (χ0v) is 31.0. The minimum Gasteiger partial charge on any atom is -0.443 e. The van der Waals surface area contributed by atoms with E-state index >= 15 is 8.78 Å². The van der Waals surface area contributed by atoms with E-state index in [2.05, 4.69) is 34.8 Å². The molecule has 1 aliphatic heterocycles. The Hall–Kier alpha value is -3.93. The second kappa shape index (κ2) is 14.5. The molecule has 0 saturated heterocycles. The number of carbonyl (C=O) groups excluding carboxylic acids is 3. The molecule has 1 fully saturated rings. The Bertz CT molecular complexity index is 1720. The van der Waals surface area contributed by atoms with Crippen molar-refractivity contribution >= 4 is 60.4 Å². The molecule has 0 bridgehead atoms. The smallest absolute Gasteiger partial charge is 0.418 e. The highest BCUT2D eigenvalue weighted by Crippen LogP contribution is 2.66. The highest BCUT2D eigenvalue weighted by atomic mass is 32.2. The summed E-state index contributed by atoms with van der Waals surface area (Å²) in [6.07, 6.45) is 1.99. The highest BCUT2D eigenvalue weighted by molar-refractivity contribution is 8.16. The summed E-state index contributed by atoms with van der Waals surface area (Å²) < 4.78 is 41.7. The summed E-state index contributed by atoms with van der Waals surface area (Å²) in [7, 11) is -1.47. The number of amidine groups is 1. The fourth-order valence-electron chi connectivity index (χ4n) is 5.36. The molecule has 2 amide bonds. The second-order valence-electron chi connectivity index (χ2n) is 14.7. The molecule has 0 unspecified atom stereocenters. The van der Waals surface area contributed by atoms with Crippen LogP contribution in [0.25, 0.3) is 16.7 Å². The largest absolute Gasteiger partial charge is 0.443 e. The van der Waals surface area contributed by atoms with Crippen LogP contribution in [0.1, 0.15) is 57.9 Å². The number of hydrogen-bond acceptors (Lipinski definition) is 8. The summed E-state index contributed by atoms with van der Waals surface area (Å²) in [5.41, 5.74) is -1.58. The number of aliphatic imine (C=N–C) groups is 1. The van der Waals surface area contributed by atoms with Crippen molar-refractivity contribution < 1.29 is 32.6 Å². The first-order valence-electron chi connectivity index (χ1n) is 15.9. The minimum atomic E-state index is -1.47. The maximum absolute atomic E-state index is 15.9. The lowest BCUT2D eigenvalue weighted by atomic mass is 9.84. The number of nitrogens with one attached hydrogen (secondary N) is 1. The average molecular weight is 712 g/mol. The second-order valence-corrected chi connectivity index (χ2v) is 21.6. The molecule has 0 spiro atoms. The lowest BCUT2D eigenvalue weighted by Crippen LogP contribution is -2.49. The molecule has 3 atom stereocenters. The van der Waals surface area contributed by atoms with Gasteiger partial charge in [-0.2, -0.15) is 0 Å². The molecule has 1 N–H and O–H groups in total. The van der Waals surface area contributed by atoms with Crippen LogP contribution < -0.4 is 5.32 Å². The first kappa shape index (κ1) is 37.9. The fourth-order valence-corrected chi connectivity index (χ4v) is 7.70. The van der Waals surface area contributed by atoms with Gasteiger partial charge in [-0.15, -0.1) is 0 Å². The number of aromatic nitrogens is 1. The summed E-state index contributed by atoms with van der Waals surface area (Å²) in [6, 6.07) is 7.76. The number of Topliss-reactive ketones (excluding diaryl/α,β-unsaturated/α-hetero) is 1. The van der Waals surface area contributed by atoms with Crippen molar-refractivity contribution in [2.75, 3.05) is 19.9 Å². The van der Waals surface area contributed by atoms with E-state index in [-0.39, 0.29) is 47.6 Å². The van der Waals surface area contributed by atoms with Gasteiger partial charge in [-0.3, -0.25) is 19.6 Å². The average Bonchev–Trinajstić information content (AvgIpc) is 3.76. The Morgan fingerprint density at radius 3 is 2.53 bits per heavy atom. The van der Waals surface area contributed by atoms with Crippen LogP contribution in [-0.4, -0.2) is 71.1 Å². The molecule has 10 nitrogen and oxygen atoms in total. The van der Waals surface area contributed by atoms with E-state index in [0.29, 0.717) is 12.2 Å². The van der Waals surface area contributed by atoms with E-state index in [9.17, 15) is 14.4 Å². The van der Waals surface area contributed by atoms with Gasteiger partial charge in [-0.1, -0.05) is 43.5 Å². The predicted molar refractivity (Wildman–Crippen MR) is 190 cm³/mol. The van der Waals surface area contributed by atoms with Crippen LogP contribution in [0.2, 0.25) is 25.7 Å². The molecule has 1 aromatic heterocycles. The van der Waals surface area contributed by atoms with Gasteiger partial charge in [0.25, 0.3) is 0 Å². The highest BCUT2D eigenvalue weighted by Gasteiger charge is 2.71. The number of halogens is 2. The first-order valence-corrected chi connectivity index (χ1v) is 20.5. The van der Waals surface area contributed by atoms with E-state index in [0.717, 1.165) is 17.8 Å². The lowest BCUT2D eigenvalue weighted by molar-refractivity contribution is -0.124. The number of thioether (sulfide) groups is 1. The molecule has 2 heterocycles. The fraction of sp³-hybridized carbons (Fsp3) is 0.486. The Balaban J connectivity index is 1.80. The van der Waals surface area contributed by atoms with Gasteiger partial charge in [0, 0.05) is 32.4 Å². The van der Waals surface area contributed by atoms with Crippen LogP contribution >= 0.6 is 11.8 Å². The molecule has 1 aromatic carbocycles. The van der Waals surface area contributed by atoms with Crippen molar-refractivity contribution in [3.05, 3.63) is 70.6 Å². The molecule has 49 heavy (non-hydrogen) atoms. The van der Waals surface area contributed by atoms with Gasteiger partial charge >= 0.3 is 6.09 Å². The number of amides is 2. The summed E-state index contributed by atoms with van der Waals surface area (Å²) in [6.45, 7) is 21.9. The summed E-state index contributed by atoms with van der Waals surface area (Å²) in [5.74, 6) is -2.53. The van der Waals surface area contributed by atoms with E-state index in [4.69, 9.17) is 21.0 Å². The van der Waals surface area contributed by atoms with Gasteiger partial charge < -0.3 is 14.8 Å². The van der Waals surface area contributed by atoms with Crippen molar-refractivity contribution in [2.24, 2.45) is 10.9 Å². The summed E-state index contributed by atoms with van der Waals surface area (Å²) >= 11 is 1.07. The van der Waals surface area contributed by atoms with Crippen molar-refractivity contribution in [3.63, 3.8) is 0 Å². The van der Waals surface area contributed by atoms with Crippen LogP contribution in [0.15, 0.2) is 41.5 Å². The normalized spacial score (nSPS) is 21.9. The van der Waals surface area contributed by atoms with Gasteiger partial charge in [0.15, 0.2) is 5.17 Å². The predicted octanol–water partition coefficient (Wildman–Crippen LogP) is 7.57. The number of nitrogens with zero attached hydrogens (tertiary/aromatic N) is 4. The molecule has 2 aromatic rings. The van der Waals surface area contributed by atoms with Gasteiger partial charge in [0.05, 0.1) is 24.3 Å². The quantitative estimate of drug-likeness (QED) is 0.111. The van der Waals surface area contributed by atoms with Crippen LogP contribution in [0.3, 0.4) is 0 Å². The van der Waals surface area contributed by atoms with Gasteiger partial charge in [0.1, 0.15) is 34.5 Å². The van der Waals surface area contributed by atoms with Gasteiger partial charge in [-0.05, 0) is 76.9 Å². The Morgan fingerprint density at radius 2 is 1.94 bits per heavy atom. The number of hydrogen-bond donors (Lipinski definition) is 1. The molecular weight excluding hydrogens is 669 g/mol. The third kappa shape index (κ3) is 9.20. The Morgan fingerprint density at radius 1 is 1.22 bits per heavy atom. The standard InChI is InChI=1S/C35H43F2N5O5SSi/c1-22(43)19-40-30(44)35-18-29(35)34(5,25-16-23(10-12-26(25)36)17-27(37)28-13-11-24(38-6)20-39-28)41-31(48-35)42(32(45)47-33(2,3)4)21-46-14-15-49(7,8)9/h10-13,16-17,20,29H,14-15,18-19,21H2,1-5,7-9H3,(H,40,44)/b27-17-/t29-,34+,35-/m0/s1. The van der Waals surface area contributed by atoms with E-state index in [1.165, 1.54) is 54.4 Å². The van der Waals surface area contributed by atoms with E-state index in [1.807, 2.05) is 0 Å². The van der Waals surface area contributed by atoms with E-state index in [1.54, 1.807) is 27.7 Å². The third-order valence-electron chi connectivity index (χ3n) is 8.08. The molecule has 1 saturated carbocycles. The molecule has 1 aliphatic carbocycles. The summed E-state index contributed by atoms with van der Waals surface area (Å²) in [5, 5.41) is 2.80. The SMILES string of the molecule is [C-]#[N+]c1ccc(/C(F)=C/c2ccc(F)c([C@@]3(C)N=C(N(COCC[Si](C)(C)C)C(=O)OC(C)(C)C)S[C@@]4(C(=O)NCC(C)=O)C[C@H]43)c2)nc1. The Kier molecular flexibility index (Phi) is 11.2. The number of ketones is 1. The van der Waals surface area contributed by atoms with Crippen molar-refractivity contribution in [1.29, 1.82) is 0 Å². The number of pyridine rings is 1. The van der Waals surface area contributed by atoms with Crippen LogP contribution in [0, 0.1) is 18.3 Å². The molecular formula is C35H43F2N5O5SSi. The van der Waals surface area contributed by atoms with Crippen LogP contribution in [0.5, 0.6) is 0 Å². The molecule has 0 radical (unpaired) electrons. The van der Waals surface area contributed by atoms with Crippen molar-refractivity contribution in [2.45, 2.75) is 82.6 Å². The van der Waals surface area contributed by atoms with E-state index < -0.39 is 53.5 Å². The maximum Gasteiger partial charge on any atom is 0.418 e. The Labute approximate surface area is 291 Å². The summed E-state index contributed by atoms with van der Waals surface area (Å²) in [4.78, 5) is 52.7. The van der Waals surface area contributed by atoms with Crippen LogP contribution in [-0.2, 0) is 24.6 Å². The number of carbonyl (C=O) groups is 3. The maximum atomic E-state index is 15.9. The van der Waals surface area contributed by atoms with Crippen LogP contribution in [0.4, 0.5) is 19.3 Å².